The molecule has 7 nitrogen and oxygen atoms in total. The lowest BCUT2D eigenvalue weighted by atomic mass is 10.2. The van der Waals surface area contributed by atoms with E-state index in [1.54, 1.807) is 25.3 Å². The topological polar surface area (TPSA) is 95.5 Å². The highest BCUT2D eigenvalue weighted by atomic mass is 79.9. The summed E-state index contributed by atoms with van der Waals surface area (Å²) in [6.45, 7) is 3.89. The second-order valence-electron chi connectivity index (χ2n) is 6.00. The van der Waals surface area contributed by atoms with E-state index in [1.165, 1.54) is 18.9 Å². The van der Waals surface area contributed by atoms with Gasteiger partial charge in [0.15, 0.2) is 22.8 Å². The van der Waals surface area contributed by atoms with Crippen molar-refractivity contribution in [1.82, 2.24) is 0 Å². The first-order valence-electron chi connectivity index (χ1n) is 9.18. The van der Waals surface area contributed by atoms with Gasteiger partial charge in [0, 0.05) is 5.75 Å². The first-order chi connectivity index (χ1) is 14.4. The number of carbonyl (C=O) groups is 1. The second-order valence-corrected chi connectivity index (χ2v) is 7.85. The standard InChI is InChI=1S/C21H24BrN3O4S/c1-4-28-18-11-16(10-17(22)19(18)29-14(2)20(26)27-3)12-24-25-21(23)30-13-15-8-6-5-7-9-15/h5-12,14H,4,13H2,1-3H3,(H2,23,25). The smallest absolute Gasteiger partial charge is 0.346 e. The summed E-state index contributed by atoms with van der Waals surface area (Å²) in [6, 6.07) is 13.5. The van der Waals surface area contributed by atoms with Crippen molar-refractivity contribution in [3.05, 3.63) is 58.1 Å². The van der Waals surface area contributed by atoms with Crippen molar-refractivity contribution in [2.24, 2.45) is 15.9 Å². The van der Waals surface area contributed by atoms with Crippen molar-refractivity contribution in [1.29, 1.82) is 0 Å². The summed E-state index contributed by atoms with van der Waals surface area (Å²) < 4.78 is 16.7. The molecule has 0 saturated heterocycles. The Balaban J connectivity index is 2.10. The molecule has 0 aliphatic carbocycles. The van der Waals surface area contributed by atoms with Gasteiger partial charge in [-0.05, 0) is 53.0 Å². The van der Waals surface area contributed by atoms with Gasteiger partial charge in [-0.2, -0.15) is 5.10 Å². The Morgan fingerprint density at radius 3 is 2.70 bits per heavy atom. The largest absolute Gasteiger partial charge is 0.490 e. The van der Waals surface area contributed by atoms with Gasteiger partial charge in [-0.1, -0.05) is 42.1 Å². The third kappa shape index (κ3) is 7.38. The molecule has 2 aromatic rings. The fraction of sp³-hybridized carbons (Fsp3) is 0.286. The van der Waals surface area contributed by atoms with Crippen LogP contribution in [0.2, 0.25) is 0 Å². The lowest BCUT2D eigenvalue weighted by Gasteiger charge is -2.17. The molecule has 0 saturated carbocycles. The summed E-state index contributed by atoms with van der Waals surface area (Å²) in [4.78, 5) is 11.7. The zero-order valence-corrected chi connectivity index (χ0v) is 19.4. The number of benzene rings is 2. The maximum atomic E-state index is 11.7. The van der Waals surface area contributed by atoms with Gasteiger partial charge in [0.1, 0.15) is 0 Å². The van der Waals surface area contributed by atoms with E-state index in [4.69, 9.17) is 19.9 Å². The molecule has 0 aliphatic heterocycles. The fourth-order valence-corrected chi connectivity index (χ4v) is 3.51. The van der Waals surface area contributed by atoms with Gasteiger partial charge in [-0.25, -0.2) is 4.79 Å². The van der Waals surface area contributed by atoms with E-state index in [2.05, 4.69) is 26.1 Å². The van der Waals surface area contributed by atoms with E-state index in [0.717, 1.165) is 16.9 Å². The van der Waals surface area contributed by atoms with Crippen LogP contribution in [0.4, 0.5) is 0 Å². The van der Waals surface area contributed by atoms with Gasteiger partial charge in [-0.3, -0.25) is 0 Å². The Bertz CT molecular complexity index is 907. The minimum atomic E-state index is -0.781. The number of methoxy groups -OCH3 is 1. The van der Waals surface area contributed by atoms with E-state index in [9.17, 15) is 4.79 Å². The summed E-state index contributed by atoms with van der Waals surface area (Å²) in [5.74, 6) is 1.12. The number of amidine groups is 1. The van der Waals surface area contributed by atoms with Crippen molar-refractivity contribution in [2.75, 3.05) is 13.7 Å². The van der Waals surface area contributed by atoms with Gasteiger partial charge in [0.2, 0.25) is 0 Å². The van der Waals surface area contributed by atoms with Crippen LogP contribution < -0.4 is 15.2 Å². The maximum Gasteiger partial charge on any atom is 0.346 e. The van der Waals surface area contributed by atoms with E-state index in [0.29, 0.717) is 27.7 Å². The number of ether oxygens (including phenoxy) is 3. The fourth-order valence-electron chi connectivity index (χ4n) is 2.34. The van der Waals surface area contributed by atoms with Gasteiger partial charge in [0.25, 0.3) is 0 Å². The van der Waals surface area contributed by atoms with Gasteiger partial charge in [-0.15, -0.1) is 5.10 Å². The maximum absolute atomic E-state index is 11.7. The quantitative estimate of drug-likeness (QED) is 0.241. The second kappa shape index (κ2) is 12.2. The van der Waals surface area contributed by atoms with Crippen LogP contribution >= 0.6 is 27.7 Å². The van der Waals surface area contributed by atoms with Crippen molar-refractivity contribution in [3.63, 3.8) is 0 Å². The van der Waals surface area contributed by atoms with Crippen LogP contribution in [0.5, 0.6) is 11.5 Å². The molecule has 0 aliphatic rings. The first-order valence-corrected chi connectivity index (χ1v) is 11.0. The van der Waals surface area contributed by atoms with Crippen molar-refractivity contribution < 1.29 is 19.0 Å². The predicted octanol–water partition coefficient (Wildman–Crippen LogP) is 4.37. The predicted molar refractivity (Wildman–Crippen MR) is 124 cm³/mol. The molecule has 0 fully saturated rings. The van der Waals surface area contributed by atoms with E-state index < -0.39 is 12.1 Å². The Kier molecular flexibility index (Phi) is 9.69. The number of rotatable bonds is 9. The number of hydrogen-bond donors (Lipinski definition) is 1. The number of hydrogen-bond acceptors (Lipinski definition) is 7. The van der Waals surface area contributed by atoms with Crippen LogP contribution in [0, 0.1) is 0 Å². The first kappa shape index (κ1) is 23.8. The van der Waals surface area contributed by atoms with Crippen LogP contribution in [0.1, 0.15) is 25.0 Å². The average molecular weight is 494 g/mol. The van der Waals surface area contributed by atoms with Crippen LogP contribution in [-0.4, -0.2) is 37.2 Å². The highest BCUT2D eigenvalue weighted by molar-refractivity contribution is 9.10. The normalized spacial score (nSPS) is 12.6. The number of thioether (sulfide) groups is 1. The van der Waals surface area contributed by atoms with Crippen molar-refractivity contribution >= 4 is 45.0 Å². The molecule has 2 rings (SSSR count). The lowest BCUT2D eigenvalue weighted by molar-refractivity contribution is -0.147. The molecule has 1 unspecified atom stereocenters. The summed E-state index contributed by atoms with van der Waals surface area (Å²) in [7, 11) is 1.31. The van der Waals surface area contributed by atoms with Crippen LogP contribution in [-0.2, 0) is 15.3 Å². The molecule has 30 heavy (non-hydrogen) atoms. The summed E-state index contributed by atoms with van der Waals surface area (Å²) >= 11 is 4.87. The molecule has 0 aromatic heterocycles. The number of esters is 1. The van der Waals surface area contributed by atoms with Crippen LogP contribution in [0.15, 0.2) is 57.1 Å². The molecule has 0 heterocycles. The SMILES string of the molecule is CCOc1cc(C=NN=C(N)SCc2ccccc2)cc(Br)c1OC(C)C(=O)OC. The molecule has 2 aromatic carbocycles. The number of carbonyl (C=O) groups excluding carboxylic acids is 1. The molecular formula is C21H24BrN3O4S. The highest BCUT2D eigenvalue weighted by Gasteiger charge is 2.20. The van der Waals surface area contributed by atoms with Crippen molar-refractivity contribution in [2.45, 2.75) is 25.7 Å². The average Bonchev–Trinajstić information content (AvgIpc) is 2.75. The summed E-state index contributed by atoms with van der Waals surface area (Å²) in [6.07, 6.45) is 0.785. The zero-order chi connectivity index (χ0) is 21.9. The molecular weight excluding hydrogens is 470 g/mol. The Hall–Kier alpha value is -2.52. The molecule has 0 spiro atoms. The molecule has 1 atom stereocenters. The van der Waals surface area contributed by atoms with Gasteiger partial charge in [0.05, 0.1) is 24.4 Å². The molecule has 0 amide bonds. The minimum Gasteiger partial charge on any atom is -0.490 e. The molecule has 2 N–H and O–H groups in total. The van der Waals surface area contributed by atoms with Crippen molar-refractivity contribution in [3.8, 4) is 11.5 Å². The molecule has 160 valence electrons. The van der Waals surface area contributed by atoms with Gasteiger partial charge < -0.3 is 19.9 Å². The summed E-state index contributed by atoms with van der Waals surface area (Å²) in [5, 5.41) is 8.44. The third-order valence-electron chi connectivity index (χ3n) is 3.75. The number of nitrogens with zero attached hydrogens (tertiary/aromatic N) is 2. The van der Waals surface area contributed by atoms with E-state index in [-0.39, 0.29) is 0 Å². The Labute approximate surface area is 188 Å². The van der Waals surface area contributed by atoms with Crippen LogP contribution in [0.3, 0.4) is 0 Å². The minimum absolute atomic E-state index is 0.367. The zero-order valence-electron chi connectivity index (χ0n) is 17.0. The molecule has 9 heteroatoms. The highest BCUT2D eigenvalue weighted by Crippen LogP contribution is 2.37. The summed E-state index contributed by atoms with van der Waals surface area (Å²) in [5.41, 5.74) is 7.80. The third-order valence-corrected chi connectivity index (χ3v) is 5.20. The van der Waals surface area contributed by atoms with Crippen LogP contribution in [0.25, 0.3) is 0 Å². The Morgan fingerprint density at radius 2 is 2.03 bits per heavy atom. The van der Waals surface area contributed by atoms with E-state index in [1.807, 2.05) is 37.3 Å². The number of nitrogens with two attached hydrogens (primary N) is 1. The number of halogens is 1. The van der Waals surface area contributed by atoms with Gasteiger partial charge >= 0.3 is 5.97 Å². The van der Waals surface area contributed by atoms with E-state index >= 15 is 0 Å². The molecule has 0 bridgehead atoms. The molecule has 0 radical (unpaired) electrons. The Morgan fingerprint density at radius 1 is 1.30 bits per heavy atom. The monoisotopic (exact) mass is 493 g/mol. The lowest BCUT2D eigenvalue weighted by Crippen LogP contribution is -2.25.